The number of nitrogens with one attached hydrogen (secondary N) is 2. The Morgan fingerprint density at radius 3 is 2.41 bits per heavy atom. The van der Waals surface area contributed by atoms with Crippen molar-refractivity contribution < 1.29 is 19.8 Å². The van der Waals surface area contributed by atoms with Crippen LogP contribution in [0.4, 0.5) is 4.79 Å². The molecule has 0 aliphatic heterocycles. The van der Waals surface area contributed by atoms with Crippen LogP contribution < -0.4 is 10.6 Å². The Morgan fingerprint density at radius 2 is 1.88 bits per heavy atom. The third-order valence-electron chi connectivity index (χ3n) is 2.11. The Balaban J connectivity index is 2.45. The molecule has 0 aliphatic carbocycles. The summed E-state index contributed by atoms with van der Waals surface area (Å²) >= 11 is 0. The van der Waals surface area contributed by atoms with E-state index in [9.17, 15) is 9.59 Å². The predicted octanol–water partition coefficient (Wildman–Crippen LogP) is -0.0687. The molecule has 17 heavy (non-hydrogen) atoms. The number of carbonyl (C=O) groups is 2. The van der Waals surface area contributed by atoms with Crippen LogP contribution in [0.15, 0.2) is 30.3 Å². The summed E-state index contributed by atoms with van der Waals surface area (Å²) in [5, 5.41) is 21.8. The number of carboxylic acid groups (broad SMARTS) is 1. The fourth-order valence-corrected chi connectivity index (χ4v) is 1.25. The van der Waals surface area contributed by atoms with Crippen molar-refractivity contribution in [1.29, 1.82) is 0 Å². The van der Waals surface area contributed by atoms with E-state index in [0.717, 1.165) is 5.56 Å². The Morgan fingerprint density at radius 1 is 1.24 bits per heavy atom. The second-order valence-corrected chi connectivity index (χ2v) is 3.39. The van der Waals surface area contributed by atoms with Crippen molar-refractivity contribution in [3.8, 4) is 0 Å². The number of hydrogen-bond donors (Lipinski definition) is 4. The lowest BCUT2D eigenvalue weighted by Crippen LogP contribution is -2.48. The van der Waals surface area contributed by atoms with Crippen LogP contribution in [0.1, 0.15) is 5.56 Å². The summed E-state index contributed by atoms with van der Waals surface area (Å²) in [6.45, 7) is -0.287. The Bertz CT molecular complexity index is 380. The van der Waals surface area contributed by atoms with E-state index < -0.39 is 24.6 Å². The molecule has 0 heterocycles. The van der Waals surface area contributed by atoms with Gasteiger partial charge in [-0.25, -0.2) is 4.79 Å². The highest BCUT2D eigenvalue weighted by Gasteiger charge is 2.18. The average Bonchev–Trinajstić information content (AvgIpc) is 2.34. The molecule has 0 radical (unpaired) electrons. The number of carbonyl (C=O) groups excluding carboxylic acids is 1. The Kier molecular flexibility index (Phi) is 4.96. The van der Waals surface area contributed by atoms with Crippen LogP contribution in [0, 0.1) is 0 Å². The first-order chi connectivity index (χ1) is 8.13. The van der Waals surface area contributed by atoms with Crippen LogP contribution >= 0.6 is 0 Å². The van der Waals surface area contributed by atoms with Crippen molar-refractivity contribution in [2.45, 2.75) is 12.6 Å². The minimum Gasteiger partial charge on any atom is -0.465 e. The molecule has 4 N–H and O–H groups in total. The van der Waals surface area contributed by atoms with Gasteiger partial charge >= 0.3 is 6.09 Å². The minimum atomic E-state index is -1.35. The highest BCUT2D eigenvalue weighted by Crippen LogP contribution is 1.97. The van der Waals surface area contributed by atoms with Crippen LogP contribution in [-0.4, -0.2) is 34.9 Å². The Hall–Kier alpha value is -2.08. The lowest BCUT2D eigenvalue weighted by Gasteiger charge is -2.14. The van der Waals surface area contributed by atoms with Crippen LogP contribution in [0.5, 0.6) is 0 Å². The maximum absolute atomic E-state index is 11.5. The Labute approximate surface area is 98.3 Å². The van der Waals surface area contributed by atoms with Gasteiger partial charge in [0, 0.05) is 6.54 Å². The molecule has 92 valence electrons. The van der Waals surface area contributed by atoms with Gasteiger partial charge in [0.1, 0.15) is 6.04 Å². The van der Waals surface area contributed by atoms with Crippen LogP contribution in [0.3, 0.4) is 0 Å². The summed E-state index contributed by atoms with van der Waals surface area (Å²) < 4.78 is 0. The maximum Gasteiger partial charge on any atom is 0.405 e. The van der Waals surface area contributed by atoms with E-state index in [1.54, 1.807) is 0 Å². The van der Waals surface area contributed by atoms with Crippen molar-refractivity contribution >= 4 is 12.0 Å². The van der Waals surface area contributed by atoms with Crippen molar-refractivity contribution in [3.05, 3.63) is 35.9 Å². The SMILES string of the molecule is O=C(O)N[C@H](CO)C(=O)NCc1ccccc1. The maximum atomic E-state index is 11.5. The van der Waals surface area contributed by atoms with E-state index in [-0.39, 0.29) is 6.54 Å². The smallest absolute Gasteiger partial charge is 0.405 e. The normalized spacial score (nSPS) is 11.6. The number of benzene rings is 1. The van der Waals surface area contributed by atoms with Gasteiger partial charge in [-0.2, -0.15) is 0 Å². The molecule has 0 saturated carbocycles. The number of amides is 2. The zero-order chi connectivity index (χ0) is 12.7. The minimum absolute atomic E-state index is 0.289. The van der Waals surface area contributed by atoms with Gasteiger partial charge in [0.25, 0.3) is 0 Å². The summed E-state index contributed by atoms with van der Waals surface area (Å²) in [4.78, 5) is 21.8. The number of aliphatic hydroxyl groups excluding tert-OH is 1. The molecule has 1 rings (SSSR count). The van der Waals surface area contributed by atoms with Gasteiger partial charge in [-0.1, -0.05) is 30.3 Å². The van der Waals surface area contributed by atoms with Crippen molar-refractivity contribution in [3.63, 3.8) is 0 Å². The van der Waals surface area contributed by atoms with Crippen LogP contribution in [0.2, 0.25) is 0 Å². The van der Waals surface area contributed by atoms with Gasteiger partial charge in [-0.05, 0) is 5.56 Å². The lowest BCUT2D eigenvalue weighted by atomic mass is 10.2. The van der Waals surface area contributed by atoms with Crippen LogP contribution in [0.25, 0.3) is 0 Å². The largest absolute Gasteiger partial charge is 0.465 e. The predicted molar refractivity (Wildman–Crippen MR) is 60.3 cm³/mol. The first kappa shape index (κ1) is 13.0. The number of rotatable bonds is 5. The van der Waals surface area contributed by atoms with E-state index in [4.69, 9.17) is 10.2 Å². The zero-order valence-electron chi connectivity index (χ0n) is 9.09. The summed E-state index contributed by atoms with van der Waals surface area (Å²) in [7, 11) is 0. The van der Waals surface area contributed by atoms with Crippen LogP contribution in [-0.2, 0) is 11.3 Å². The first-order valence-corrected chi connectivity index (χ1v) is 5.05. The molecule has 0 spiro atoms. The molecule has 6 nitrogen and oxygen atoms in total. The highest BCUT2D eigenvalue weighted by atomic mass is 16.4. The second kappa shape index (κ2) is 6.49. The fourth-order valence-electron chi connectivity index (χ4n) is 1.25. The molecule has 0 unspecified atom stereocenters. The lowest BCUT2D eigenvalue weighted by molar-refractivity contribution is -0.124. The van der Waals surface area contributed by atoms with Gasteiger partial charge in [-0.15, -0.1) is 0 Å². The average molecular weight is 238 g/mol. The molecule has 0 fully saturated rings. The monoisotopic (exact) mass is 238 g/mol. The topological polar surface area (TPSA) is 98.7 Å². The molecule has 1 aromatic carbocycles. The molecule has 1 atom stereocenters. The molecule has 0 aromatic heterocycles. The second-order valence-electron chi connectivity index (χ2n) is 3.39. The molecule has 0 bridgehead atoms. The van der Waals surface area contributed by atoms with Crippen molar-refractivity contribution in [2.75, 3.05) is 6.61 Å². The number of aliphatic hydroxyl groups is 1. The third kappa shape index (κ3) is 4.52. The van der Waals surface area contributed by atoms with Crippen molar-refractivity contribution in [2.24, 2.45) is 0 Å². The third-order valence-corrected chi connectivity index (χ3v) is 2.11. The summed E-state index contributed by atoms with van der Waals surface area (Å²) in [6, 6.07) is 8.04. The zero-order valence-corrected chi connectivity index (χ0v) is 9.09. The van der Waals surface area contributed by atoms with E-state index in [0.29, 0.717) is 0 Å². The molecule has 0 aliphatic rings. The highest BCUT2D eigenvalue weighted by molar-refractivity contribution is 5.85. The van der Waals surface area contributed by atoms with E-state index >= 15 is 0 Å². The summed E-state index contributed by atoms with van der Waals surface area (Å²) in [5.74, 6) is -0.557. The molecular formula is C11H14N2O4. The molecular weight excluding hydrogens is 224 g/mol. The molecule has 0 saturated heterocycles. The van der Waals surface area contributed by atoms with Gasteiger partial charge in [-0.3, -0.25) is 4.79 Å². The van der Waals surface area contributed by atoms with E-state index in [1.807, 2.05) is 35.6 Å². The van der Waals surface area contributed by atoms with Gasteiger partial charge in [0.05, 0.1) is 6.61 Å². The summed E-state index contributed by atoms with van der Waals surface area (Å²) in [5.41, 5.74) is 0.896. The molecule has 6 heteroatoms. The number of hydrogen-bond acceptors (Lipinski definition) is 3. The van der Waals surface area contributed by atoms with E-state index in [2.05, 4.69) is 5.32 Å². The van der Waals surface area contributed by atoms with E-state index in [1.165, 1.54) is 0 Å². The fraction of sp³-hybridized carbons (Fsp3) is 0.273. The molecule has 2 amide bonds. The summed E-state index contributed by atoms with van der Waals surface area (Å²) in [6.07, 6.45) is -1.35. The standard InChI is InChI=1S/C11H14N2O4/c14-7-9(13-11(16)17)10(15)12-6-8-4-2-1-3-5-8/h1-5,9,13-14H,6-7H2,(H,12,15)(H,16,17)/t9-/m1/s1. The van der Waals surface area contributed by atoms with Crippen molar-refractivity contribution in [1.82, 2.24) is 10.6 Å². The molecule has 1 aromatic rings. The first-order valence-electron chi connectivity index (χ1n) is 5.05. The van der Waals surface area contributed by atoms with Gasteiger partial charge < -0.3 is 20.8 Å². The van der Waals surface area contributed by atoms with Gasteiger partial charge in [0.2, 0.25) is 5.91 Å². The quantitative estimate of drug-likeness (QED) is 0.577. The van der Waals surface area contributed by atoms with Gasteiger partial charge in [0.15, 0.2) is 0 Å².